The molecule has 2 aromatic rings. The van der Waals surface area contributed by atoms with Crippen LogP contribution in [0.1, 0.15) is 30.1 Å². The van der Waals surface area contributed by atoms with Crippen LogP contribution >= 0.6 is 0 Å². The Balaban J connectivity index is 1.84. The number of nitrogens with zero attached hydrogens (tertiary/aromatic N) is 1. The lowest BCUT2D eigenvalue weighted by molar-refractivity contribution is -0.122. The van der Waals surface area contributed by atoms with E-state index in [4.69, 9.17) is 9.15 Å². The average Bonchev–Trinajstić information content (AvgIpc) is 3.22. The standard InChI is InChI=1S/C17H22N4O5/c1-4-25-16(23)14-8-12(10-21(14)3)20-17(24)19-11(2)15(22)18-9-13-6-5-7-26-13/h5-8,10-11H,4,9H2,1-3H3,(H,18,22)(H2,19,20,24)/t11-/m1/s1. The molecule has 2 rings (SSSR count). The monoisotopic (exact) mass is 362 g/mol. The van der Waals surface area contributed by atoms with Crippen LogP contribution in [0.25, 0.3) is 0 Å². The third-order valence-electron chi connectivity index (χ3n) is 3.51. The number of aromatic nitrogens is 1. The Labute approximate surface area is 150 Å². The topological polar surface area (TPSA) is 115 Å². The van der Waals surface area contributed by atoms with Gasteiger partial charge in [0.05, 0.1) is 25.1 Å². The maximum absolute atomic E-state index is 12.0. The quantitative estimate of drug-likeness (QED) is 0.648. The van der Waals surface area contributed by atoms with E-state index in [0.717, 1.165) is 0 Å². The van der Waals surface area contributed by atoms with Crippen LogP contribution in [0.3, 0.4) is 0 Å². The molecule has 0 aliphatic carbocycles. The van der Waals surface area contributed by atoms with Gasteiger partial charge >= 0.3 is 12.0 Å². The molecule has 26 heavy (non-hydrogen) atoms. The molecule has 0 aliphatic rings. The van der Waals surface area contributed by atoms with Crippen molar-refractivity contribution in [3.63, 3.8) is 0 Å². The lowest BCUT2D eigenvalue weighted by atomic mass is 10.3. The molecule has 2 aromatic heterocycles. The van der Waals surface area contributed by atoms with E-state index >= 15 is 0 Å². The molecule has 9 nitrogen and oxygen atoms in total. The zero-order valence-electron chi connectivity index (χ0n) is 14.9. The van der Waals surface area contributed by atoms with Gasteiger partial charge in [-0.25, -0.2) is 9.59 Å². The molecule has 0 aliphatic heterocycles. The molecular formula is C17H22N4O5. The fourth-order valence-electron chi connectivity index (χ4n) is 2.21. The minimum absolute atomic E-state index is 0.237. The molecule has 0 aromatic carbocycles. The number of ether oxygens (including phenoxy) is 1. The molecule has 3 N–H and O–H groups in total. The van der Waals surface area contributed by atoms with Gasteiger partial charge in [0, 0.05) is 13.2 Å². The second-order valence-corrected chi connectivity index (χ2v) is 5.56. The number of amides is 3. The third-order valence-corrected chi connectivity index (χ3v) is 3.51. The summed E-state index contributed by atoms with van der Waals surface area (Å²) in [7, 11) is 1.67. The average molecular weight is 362 g/mol. The minimum atomic E-state index is -0.752. The zero-order valence-corrected chi connectivity index (χ0v) is 14.9. The maximum atomic E-state index is 12.0. The van der Waals surface area contributed by atoms with Gasteiger partial charge in [-0.3, -0.25) is 4.79 Å². The fourth-order valence-corrected chi connectivity index (χ4v) is 2.21. The first-order valence-corrected chi connectivity index (χ1v) is 8.11. The van der Waals surface area contributed by atoms with Crippen molar-refractivity contribution in [3.05, 3.63) is 42.1 Å². The predicted octanol–water partition coefficient (Wildman–Crippen LogP) is 1.62. The van der Waals surface area contributed by atoms with Crippen LogP contribution in [-0.4, -0.2) is 35.1 Å². The maximum Gasteiger partial charge on any atom is 0.355 e. The molecule has 0 radical (unpaired) electrons. The van der Waals surface area contributed by atoms with Gasteiger partial charge in [-0.2, -0.15) is 0 Å². The van der Waals surface area contributed by atoms with E-state index in [2.05, 4.69) is 16.0 Å². The number of urea groups is 1. The van der Waals surface area contributed by atoms with E-state index in [-0.39, 0.29) is 19.1 Å². The SMILES string of the molecule is CCOC(=O)c1cc(NC(=O)N[C@H](C)C(=O)NCc2ccco2)cn1C. The van der Waals surface area contributed by atoms with Crippen molar-refractivity contribution < 1.29 is 23.5 Å². The first-order chi connectivity index (χ1) is 12.4. The number of anilines is 1. The van der Waals surface area contributed by atoms with Crippen molar-refractivity contribution in [3.8, 4) is 0 Å². The lowest BCUT2D eigenvalue weighted by Gasteiger charge is -2.13. The number of carbonyl (C=O) groups excluding carboxylic acids is 3. The van der Waals surface area contributed by atoms with Crippen LogP contribution in [0.2, 0.25) is 0 Å². The second kappa shape index (κ2) is 8.75. The summed E-state index contributed by atoms with van der Waals surface area (Å²) in [6.07, 6.45) is 3.09. The lowest BCUT2D eigenvalue weighted by Crippen LogP contribution is -2.46. The van der Waals surface area contributed by atoms with Crippen LogP contribution in [0.4, 0.5) is 10.5 Å². The van der Waals surface area contributed by atoms with Gasteiger partial charge in [-0.05, 0) is 32.0 Å². The molecule has 0 fully saturated rings. The van der Waals surface area contributed by atoms with Crippen molar-refractivity contribution >= 4 is 23.6 Å². The Kier molecular flexibility index (Phi) is 6.42. The molecule has 140 valence electrons. The van der Waals surface area contributed by atoms with Gasteiger partial charge in [-0.15, -0.1) is 0 Å². The molecule has 0 saturated heterocycles. The van der Waals surface area contributed by atoms with Crippen LogP contribution in [0.15, 0.2) is 35.1 Å². The van der Waals surface area contributed by atoms with E-state index in [9.17, 15) is 14.4 Å². The van der Waals surface area contributed by atoms with Crippen molar-refractivity contribution in [2.24, 2.45) is 7.05 Å². The number of hydrogen-bond acceptors (Lipinski definition) is 5. The Hall–Kier alpha value is -3.23. The van der Waals surface area contributed by atoms with Gasteiger partial charge in [0.1, 0.15) is 17.5 Å². The number of hydrogen-bond donors (Lipinski definition) is 3. The summed E-state index contributed by atoms with van der Waals surface area (Å²) in [5, 5.41) is 7.76. The summed E-state index contributed by atoms with van der Waals surface area (Å²) in [6.45, 7) is 3.77. The van der Waals surface area contributed by atoms with Crippen LogP contribution in [0, 0.1) is 0 Å². The van der Waals surface area contributed by atoms with E-state index in [1.165, 1.54) is 12.3 Å². The second-order valence-electron chi connectivity index (χ2n) is 5.56. The summed E-state index contributed by atoms with van der Waals surface area (Å²) >= 11 is 0. The van der Waals surface area contributed by atoms with Gasteiger partial charge in [0.2, 0.25) is 5.91 Å². The van der Waals surface area contributed by atoms with Gasteiger partial charge < -0.3 is 29.7 Å². The molecule has 3 amide bonds. The van der Waals surface area contributed by atoms with Gasteiger partial charge in [-0.1, -0.05) is 0 Å². The first kappa shape index (κ1) is 19.1. The van der Waals surface area contributed by atoms with E-state index < -0.39 is 18.0 Å². The van der Waals surface area contributed by atoms with Crippen molar-refractivity contribution in [2.75, 3.05) is 11.9 Å². The third kappa shape index (κ3) is 5.13. The highest BCUT2D eigenvalue weighted by molar-refractivity contribution is 5.95. The molecule has 0 saturated carbocycles. The van der Waals surface area contributed by atoms with Crippen molar-refractivity contribution in [1.82, 2.24) is 15.2 Å². The Bertz CT molecular complexity index is 766. The predicted molar refractivity (Wildman–Crippen MR) is 93.5 cm³/mol. The van der Waals surface area contributed by atoms with Gasteiger partial charge in [0.15, 0.2) is 0 Å². The van der Waals surface area contributed by atoms with Crippen molar-refractivity contribution in [1.29, 1.82) is 0 Å². The Morgan fingerprint density at radius 1 is 1.35 bits per heavy atom. The smallest absolute Gasteiger partial charge is 0.355 e. The van der Waals surface area contributed by atoms with Crippen LogP contribution in [0.5, 0.6) is 0 Å². The first-order valence-electron chi connectivity index (χ1n) is 8.11. The largest absolute Gasteiger partial charge is 0.467 e. The Morgan fingerprint density at radius 2 is 2.12 bits per heavy atom. The summed E-state index contributed by atoms with van der Waals surface area (Å²) < 4.78 is 11.6. The number of esters is 1. The molecule has 0 spiro atoms. The molecule has 0 bridgehead atoms. The molecule has 9 heteroatoms. The van der Waals surface area contributed by atoms with Crippen molar-refractivity contribution in [2.45, 2.75) is 26.4 Å². The van der Waals surface area contributed by atoms with Crippen LogP contribution < -0.4 is 16.0 Å². The fraction of sp³-hybridized carbons (Fsp3) is 0.353. The normalized spacial score (nSPS) is 11.5. The number of rotatable bonds is 7. The summed E-state index contributed by atoms with van der Waals surface area (Å²) in [6, 6.07) is 3.65. The minimum Gasteiger partial charge on any atom is -0.467 e. The molecule has 1 atom stereocenters. The highest BCUT2D eigenvalue weighted by atomic mass is 16.5. The number of nitrogens with one attached hydrogen (secondary N) is 3. The van der Waals surface area contributed by atoms with Crippen LogP contribution in [-0.2, 0) is 23.1 Å². The van der Waals surface area contributed by atoms with E-state index in [1.807, 2.05) is 0 Å². The van der Waals surface area contributed by atoms with E-state index in [0.29, 0.717) is 17.1 Å². The number of aryl methyl sites for hydroxylation is 1. The van der Waals surface area contributed by atoms with E-state index in [1.54, 1.807) is 43.8 Å². The summed E-state index contributed by atoms with van der Waals surface area (Å²) in [4.78, 5) is 35.8. The molecular weight excluding hydrogens is 340 g/mol. The Morgan fingerprint density at radius 3 is 2.77 bits per heavy atom. The number of furan rings is 1. The highest BCUT2D eigenvalue weighted by Crippen LogP contribution is 2.13. The molecule has 0 unspecified atom stereocenters. The zero-order chi connectivity index (χ0) is 19.1. The number of carbonyl (C=O) groups is 3. The molecule has 2 heterocycles. The summed E-state index contributed by atoms with van der Waals surface area (Å²) in [5.41, 5.74) is 0.725. The van der Waals surface area contributed by atoms with Gasteiger partial charge in [0.25, 0.3) is 0 Å². The summed E-state index contributed by atoms with van der Waals surface area (Å²) in [5.74, 6) is -0.211. The highest BCUT2D eigenvalue weighted by Gasteiger charge is 2.17.